The lowest BCUT2D eigenvalue weighted by Gasteiger charge is -2.14. The number of benzene rings is 2. The molecule has 0 aliphatic carbocycles. The van der Waals surface area contributed by atoms with E-state index in [1.165, 1.54) is 18.3 Å². The Hall–Kier alpha value is -2.90. The largest absolute Gasteiger partial charge is 0.486 e. The van der Waals surface area contributed by atoms with Gasteiger partial charge >= 0.3 is 5.97 Å². The monoisotopic (exact) mass is 458 g/mol. The molecule has 1 amide bonds. The van der Waals surface area contributed by atoms with Gasteiger partial charge in [0.25, 0.3) is 5.91 Å². The molecule has 162 valence electrons. The molecule has 1 N–H and O–H groups in total. The van der Waals surface area contributed by atoms with Crippen molar-refractivity contribution in [2.24, 2.45) is 0 Å². The molecule has 0 spiro atoms. The smallest absolute Gasteiger partial charge is 0.351 e. The minimum atomic E-state index is -0.955. The van der Waals surface area contributed by atoms with Gasteiger partial charge in [-0.1, -0.05) is 29.3 Å². The Balaban J connectivity index is 1.59. The second kappa shape index (κ2) is 9.94. The number of ether oxygens (including phenoxy) is 2. The fraction of sp³-hybridized carbons (Fsp3) is 0.261. The molecule has 31 heavy (non-hydrogen) atoms. The van der Waals surface area contributed by atoms with Gasteiger partial charge in [-0.15, -0.1) is 11.3 Å². The summed E-state index contributed by atoms with van der Waals surface area (Å²) in [6.45, 7) is 7.36. The first-order chi connectivity index (χ1) is 14.7. The van der Waals surface area contributed by atoms with E-state index in [4.69, 9.17) is 21.1 Å². The highest BCUT2D eigenvalue weighted by Gasteiger charge is 2.23. The average molecular weight is 459 g/mol. The Kier molecular flexibility index (Phi) is 7.30. The first-order valence-electron chi connectivity index (χ1n) is 9.66. The van der Waals surface area contributed by atoms with E-state index in [-0.39, 0.29) is 6.61 Å². The number of nitrogens with one attached hydrogen (secondary N) is 1. The highest BCUT2D eigenvalue weighted by Crippen LogP contribution is 2.23. The minimum Gasteiger partial charge on any atom is -0.486 e. The molecule has 0 aliphatic rings. The first kappa shape index (κ1) is 22.8. The second-order valence-corrected chi connectivity index (χ2v) is 8.64. The van der Waals surface area contributed by atoms with Gasteiger partial charge in [-0.2, -0.15) is 0 Å². The van der Waals surface area contributed by atoms with Crippen molar-refractivity contribution in [3.8, 4) is 5.75 Å². The molecule has 3 rings (SSSR count). The summed E-state index contributed by atoms with van der Waals surface area (Å²) in [4.78, 5) is 29.8. The van der Waals surface area contributed by atoms with E-state index < -0.39 is 18.0 Å². The van der Waals surface area contributed by atoms with Crippen molar-refractivity contribution in [3.63, 3.8) is 0 Å². The van der Waals surface area contributed by atoms with Gasteiger partial charge in [-0.05, 0) is 63.6 Å². The van der Waals surface area contributed by atoms with E-state index in [9.17, 15) is 9.59 Å². The molecule has 0 radical (unpaired) electrons. The van der Waals surface area contributed by atoms with Crippen molar-refractivity contribution in [2.75, 3.05) is 5.32 Å². The predicted molar refractivity (Wildman–Crippen MR) is 122 cm³/mol. The zero-order chi connectivity index (χ0) is 22.5. The highest BCUT2D eigenvalue weighted by atomic mass is 35.5. The van der Waals surface area contributed by atoms with Crippen LogP contribution in [0.4, 0.5) is 5.69 Å². The topological polar surface area (TPSA) is 77.5 Å². The van der Waals surface area contributed by atoms with Gasteiger partial charge < -0.3 is 14.8 Å². The molecule has 0 bridgehead atoms. The van der Waals surface area contributed by atoms with Gasteiger partial charge in [0, 0.05) is 10.7 Å². The van der Waals surface area contributed by atoms with E-state index in [1.807, 2.05) is 32.0 Å². The SMILES string of the molecule is Cc1ccc(NC(=O)C(C)OC(=O)c2sc(COc3ccc(Cl)cc3)nc2C)c(C)c1. The van der Waals surface area contributed by atoms with Crippen LogP contribution >= 0.6 is 22.9 Å². The predicted octanol–water partition coefficient (Wildman–Crippen LogP) is 5.48. The Morgan fingerprint density at radius 1 is 1.13 bits per heavy atom. The molecule has 6 nitrogen and oxygen atoms in total. The number of halogens is 1. The standard InChI is InChI=1S/C23H23ClN2O4S/c1-13-5-10-19(14(2)11-13)26-22(27)16(4)30-23(28)21-15(3)25-20(31-21)12-29-18-8-6-17(24)7-9-18/h5-11,16H,12H2,1-4H3,(H,26,27). The van der Waals surface area contributed by atoms with E-state index in [0.717, 1.165) is 11.1 Å². The fourth-order valence-corrected chi connectivity index (χ4v) is 3.82. The summed E-state index contributed by atoms with van der Waals surface area (Å²) < 4.78 is 11.0. The summed E-state index contributed by atoms with van der Waals surface area (Å²) in [5.41, 5.74) is 3.27. The average Bonchev–Trinajstić information content (AvgIpc) is 3.10. The number of thiazole rings is 1. The third kappa shape index (κ3) is 6.06. The van der Waals surface area contributed by atoms with E-state index in [2.05, 4.69) is 10.3 Å². The Labute approximate surface area is 190 Å². The van der Waals surface area contributed by atoms with Gasteiger partial charge in [-0.3, -0.25) is 4.79 Å². The molecule has 0 fully saturated rings. The summed E-state index contributed by atoms with van der Waals surface area (Å²) in [6, 6.07) is 12.7. The maximum absolute atomic E-state index is 12.6. The quantitative estimate of drug-likeness (QED) is 0.474. The van der Waals surface area contributed by atoms with E-state index in [0.29, 0.717) is 32.0 Å². The molecule has 1 aromatic heterocycles. The van der Waals surface area contributed by atoms with Crippen molar-refractivity contribution < 1.29 is 19.1 Å². The zero-order valence-corrected chi connectivity index (χ0v) is 19.3. The number of carbonyl (C=O) groups is 2. The third-order valence-corrected chi connectivity index (χ3v) is 5.86. The molecule has 8 heteroatoms. The van der Waals surface area contributed by atoms with Gasteiger partial charge in [0.2, 0.25) is 0 Å². The molecular formula is C23H23ClN2O4S. The molecular weight excluding hydrogens is 436 g/mol. The molecule has 0 saturated carbocycles. The van der Waals surface area contributed by atoms with Crippen molar-refractivity contribution in [1.29, 1.82) is 0 Å². The lowest BCUT2D eigenvalue weighted by atomic mass is 10.1. The summed E-state index contributed by atoms with van der Waals surface area (Å²) in [5.74, 6) is -0.331. The van der Waals surface area contributed by atoms with Crippen LogP contribution in [0.3, 0.4) is 0 Å². The van der Waals surface area contributed by atoms with Crippen molar-refractivity contribution >= 4 is 40.5 Å². The summed E-state index contributed by atoms with van der Waals surface area (Å²) in [6.07, 6.45) is -0.955. The van der Waals surface area contributed by atoms with Crippen LogP contribution in [-0.2, 0) is 16.1 Å². The van der Waals surface area contributed by atoms with E-state index in [1.54, 1.807) is 31.2 Å². The number of aromatic nitrogens is 1. The Morgan fingerprint density at radius 3 is 2.52 bits per heavy atom. The van der Waals surface area contributed by atoms with E-state index >= 15 is 0 Å². The second-order valence-electron chi connectivity index (χ2n) is 7.12. The van der Waals surface area contributed by atoms with Crippen LogP contribution in [0.2, 0.25) is 5.02 Å². The summed E-state index contributed by atoms with van der Waals surface area (Å²) in [5, 5.41) is 4.05. The third-order valence-electron chi connectivity index (χ3n) is 4.50. The summed E-state index contributed by atoms with van der Waals surface area (Å²) >= 11 is 7.05. The number of aryl methyl sites for hydroxylation is 3. The number of hydrogen-bond acceptors (Lipinski definition) is 6. The van der Waals surface area contributed by atoms with Crippen LogP contribution < -0.4 is 10.1 Å². The number of amides is 1. The van der Waals surface area contributed by atoms with Gasteiger partial charge in [0.15, 0.2) is 6.10 Å². The number of anilines is 1. The van der Waals surface area contributed by atoms with Crippen LogP contribution in [0.5, 0.6) is 5.75 Å². The lowest BCUT2D eigenvalue weighted by molar-refractivity contribution is -0.123. The van der Waals surface area contributed by atoms with Crippen molar-refractivity contribution in [3.05, 3.63) is 74.2 Å². The molecule has 2 aromatic carbocycles. The zero-order valence-electron chi connectivity index (χ0n) is 17.7. The van der Waals surface area contributed by atoms with Crippen molar-refractivity contribution in [1.82, 2.24) is 4.98 Å². The Morgan fingerprint density at radius 2 is 1.84 bits per heavy atom. The minimum absolute atomic E-state index is 0.211. The number of carbonyl (C=O) groups excluding carboxylic acids is 2. The molecule has 1 atom stereocenters. The molecule has 0 aliphatic heterocycles. The van der Waals surface area contributed by atoms with Crippen LogP contribution in [0.1, 0.15) is 38.4 Å². The van der Waals surface area contributed by atoms with Crippen LogP contribution in [0.25, 0.3) is 0 Å². The maximum Gasteiger partial charge on any atom is 0.351 e. The van der Waals surface area contributed by atoms with Crippen LogP contribution in [0, 0.1) is 20.8 Å². The molecule has 0 saturated heterocycles. The lowest BCUT2D eigenvalue weighted by Crippen LogP contribution is -2.30. The number of nitrogens with zero attached hydrogens (tertiary/aromatic N) is 1. The van der Waals surface area contributed by atoms with Crippen LogP contribution in [-0.4, -0.2) is 23.0 Å². The van der Waals surface area contributed by atoms with Gasteiger partial charge in [0.05, 0.1) is 5.69 Å². The van der Waals surface area contributed by atoms with Gasteiger partial charge in [0.1, 0.15) is 22.2 Å². The first-order valence-corrected chi connectivity index (χ1v) is 10.9. The van der Waals surface area contributed by atoms with Crippen LogP contribution in [0.15, 0.2) is 42.5 Å². The molecule has 3 aromatic rings. The number of rotatable bonds is 7. The highest BCUT2D eigenvalue weighted by molar-refractivity contribution is 7.13. The summed E-state index contributed by atoms with van der Waals surface area (Å²) in [7, 11) is 0. The Bertz CT molecular complexity index is 1100. The normalized spacial score (nSPS) is 11.6. The number of esters is 1. The number of hydrogen-bond donors (Lipinski definition) is 1. The molecule has 1 heterocycles. The van der Waals surface area contributed by atoms with Crippen molar-refractivity contribution in [2.45, 2.75) is 40.4 Å². The fourth-order valence-electron chi connectivity index (χ4n) is 2.84. The van der Waals surface area contributed by atoms with Gasteiger partial charge in [-0.25, -0.2) is 9.78 Å². The molecule has 1 unspecified atom stereocenters. The maximum atomic E-state index is 12.6.